The standard InChI is InChI=1S/C14H18N2O2/c1-18-10-8-13-6-4-12(5-7-13)3-2-9-16-14(17)11-15/h4-7H,8-11,15H2,1H3,(H,16,17). The molecular weight excluding hydrogens is 228 g/mol. The Bertz CT molecular complexity index is 429. The van der Waals surface area contributed by atoms with Crippen LogP contribution in [0.3, 0.4) is 0 Å². The number of methoxy groups -OCH3 is 1. The van der Waals surface area contributed by atoms with Crippen LogP contribution in [0, 0.1) is 11.8 Å². The Hall–Kier alpha value is -1.83. The number of hydrogen-bond acceptors (Lipinski definition) is 3. The molecule has 0 saturated carbocycles. The van der Waals surface area contributed by atoms with Gasteiger partial charge in [-0.25, -0.2) is 0 Å². The fourth-order valence-corrected chi connectivity index (χ4v) is 1.34. The highest BCUT2D eigenvalue weighted by Crippen LogP contribution is 2.03. The molecule has 96 valence electrons. The fourth-order valence-electron chi connectivity index (χ4n) is 1.34. The van der Waals surface area contributed by atoms with Crippen molar-refractivity contribution in [2.45, 2.75) is 6.42 Å². The third kappa shape index (κ3) is 5.48. The van der Waals surface area contributed by atoms with Gasteiger partial charge in [0, 0.05) is 12.7 Å². The van der Waals surface area contributed by atoms with Crippen molar-refractivity contribution in [2.24, 2.45) is 5.73 Å². The topological polar surface area (TPSA) is 64.3 Å². The van der Waals surface area contributed by atoms with Gasteiger partial charge in [0.2, 0.25) is 5.91 Å². The molecule has 4 heteroatoms. The normalized spacial score (nSPS) is 9.44. The second kappa shape index (κ2) is 8.29. The molecule has 0 bridgehead atoms. The van der Waals surface area contributed by atoms with Gasteiger partial charge < -0.3 is 15.8 Å². The van der Waals surface area contributed by atoms with Crippen LogP contribution in [0.1, 0.15) is 11.1 Å². The number of nitrogens with one attached hydrogen (secondary N) is 1. The van der Waals surface area contributed by atoms with E-state index in [4.69, 9.17) is 10.5 Å². The lowest BCUT2D eigenvalue weighted by Crippen LogP contribution is -2.30. The molecule has 0 aliphatic heterocycles. The lowest BCUT2D eigenvalue weighted by molar-refractivity contribution is -0.119. The van der Waals surface area contributed by atoms with Crippen molar-refractivity contribution in [3.63, 3.8) is 0 Å². The van der Waals surface area contributed by atoms with E-state index in [-0.39, 0.29) is 12.5 Å². The zero-order valence-corrected chi connectivity index (χ0v) is 10.5. The summed E-state index contributed by atoms with van der Waals surface area (Å²) in [6.45, 7) is 1.04. The zero-order valence-electron chi connectivity index (χ0n) is 10.5. The second-order valence-corrected chi connectivity index (χ2v) is 3.72. The predicted molar refractivity (Wildman–Crippen MR) is 71.0 cm³/mol. The van der Waals surface area contributed by atoms with Crippen LogP contribution >= 0.6 is 0 Å². The summed E-state index contributed by atoms with van der Waals surface area (Å²) in [6.07, 6.45) is 0.900. The molecule has 0 aromatic heterocycles. The Labute approximate surface area is 108 Å². The lowest BCUT2D eigenvalue weighted by atomic mass is 10.1. The molecule has 4 nitrogen and oxygen atoms in total. The Kier molecular flexibility index (Phi) is 6.55. The van der Waals surface area contributed by atoms with Crippen molar-refractivity contribution in [1.29, 1.82) is 0 Å². The van der Waals surface area contributed by atoms with E-state index in [1.54, 1.807) is 7.11 Å². The molecule has 18 heavy (non-hydrogen) atoms. The van der Waals surface area contributed by atoms with Gasteiger partial charge in [0.25, 0.3) is 0 Å². The second-order valence-electron chi connectivity index (χ2n) is 3.72. The van der Waals surface area contributed by atoms with E-state index in [2.05, 4.69) is 17.2 Å². The van der Waals surface area contributed by atoms with Crippen molar-refractivity contribution in [3.05, 3.63) is 35.4 Å². The van der Waals surface area contributed by atoms with Crippen molar-refractivity contribution in [3.8, 4) is 11.8 Å². The van der Waals surface area contributed by atoms with Gasteiger partial charge in [-0.2, -0.15) is 0 Å². The number of rotatable bonds is 5. The highest BCUT2D eigenvalue weighted by Gasteiger charge is 1.93. The van der Waals surface area contributed by atoms with Crippen LogP contribution < -0.4 is 11.1 Å². The van der Waals surface area contributed by atoms with Crippen molar-refractivity contribution in [1.82, 2.24) is 5.32 Å². The van der Waals surface area contributed by atoms with E-state index in [1.165, 1.54) is 5.56 Å². The molecule has 0 aliphatic rings. The zero-order chi connectivity index (χ0) is 13.2. The number of ether oxygens (including phenoxy) is 1. The van der Waals surface area contributed by atoms with Crippen LogP contribution in [0.15, 0.2) is 24.3 Å². The third-order valence-corrected chi connectivity index (χ3v) is 2.34. The molecule has 0 atom stereocenters. The van der Waals surface area contributed by atoms with E-state index in [1.807, 2.05) is 24.3 Å². The summed E-state index contributed by atoms with van der Waals surface area (Å²) >= 11 is 0. The smallest absolute Gasteiger partial charge is 0.234 e. The maximum Gasteiger partial charge on any atom is 0.234 e. The molecule has 1 amide bonds. The van der Waals surface area contributed by atoms with Gasteiger partial charge in [-0.05, 0) is 24.1 Å². The molecule has 0 spiro atoms. The summed E-state index contributed by atoms with van der Waals surface area (Å²) in [5.74, 6) is 5.64. The monoisotopic (exact) mass is 246 g/mol. The Morgan fingerprint density at radius 3 is 2.72 bits per heavy atom. The van der Waals surface area contributed by atoms with Crippen LogP contribution in [0.4, 0.5) is 0 Å². The molecule has 0 unspecified atom stereocenters. The minimum atomic E-state index is -0.195. The molecule has 1 aromatic rings. The summed E-state index contributed by atoms with van der Waals surface area (Å²) in [7, 11) is 1.69. The summed E-state index contributed by atoms with van der Waals surface area (Å²) in [4.78, 5) is 10.9. The van der Waals surface area contributed by atoms with Crippen molar-refractivity contribution >= 4 is 5.91 Å². The lowest BCUT2D eigenvalue weighted by Gasteiger charge is -2.00. The van der Waals surface area contributed by atoms with Crippen molar-refractivity contribution < 1.29 is 9.53 Å². The Balaban J connectivity index is 2.43. The number of nitrogens with two attached hydrogens (primary N) is 1. The van der Waals surface area contributed by atoms with Crippen LogP contribution in [0.5, 0.6) is 0 Å². The van der Waals surface area contributed by atoms with E-state index in [0.717, 1.165) is 18.6 Å². The Morgan fingerprint density at radius 1 is 1.39 bits per heavy atom. The third-order valence-electron chi connectivity index (χ3n) is 2.34. The van der Waals surface area contributed by atoms with Crippen molar-refractivity contribution in [2.75, 3.05) is 26.8 Å². The van der Waals surface area contributed by atoms with E-state index in [9.17, 15) is 4.79 Å². The number of amides is 1. The first kappa shape index (κ1) is 14.2. The highest BCUT2D eigenvalue weighted by molar-refractivity contribution is 5.77. The Morgan fingerprint density at radius 2 is 2.11 bits per heavy atom. The number of carbonyl (C=O) groups is 1. The van der Waals surface area contributed by atoms with Gasteiger partial charge in [-0.1, -0.05) is 24.0 Å². The fraction of sp³-hybridized carbons (Fsp3) is 0.357. The first-order chi connectivity index (χ1) is 8.76. The van der Waals surface area contributed by atoms with E-state index < -0.39 is 0 Å². The molecule has 1 rings (SSSR count). The van der Waals surface area contributed by atoms with Gasteiger partial charge in [0.05, 0.1) is 19.7 Å². The molecule has 0 saturated heterocycles. The highest BCUT2D eigenvalue weighted by atomic mass is 16.5. The molecule has 1 aromatic carbocycles. The minimum absolute atomic E-state index is 0.00409. The van der Waals surface area contributed by atoms with Crippen LogP contribution in [-0.4, -0.2) is 32.7 Å². The average molecular weight is 246 g/mol. The largest absolute Gasteiger partial charge is 0.384 e. The molecular formula is C14H18N2O2. The van der Waals surface area contributed by atoms with Crippen LogP contribution in [0.2, 0.25) is 0 Å². The first-order valence-corrected chi connectivity index (χ1v) is 5.79. The number of hydrogen-bond donors (Lipinski definition) is 2. The quantitative estimate of drug-likeness (QED) is 0.735. The summed E-state index contributed by atoms with van der Waals surface area (Å²) in [5.41, 5.74) is 7.30. The first-order valence-electron chi connectivity index (χ1n) is 5.79. The number of carbonyl (C=O) groups excluding carboxylic acids is 1. The predicted octanol–water partition coefficient (Wildman–Crippen LogP) is 0.302. The summed E-state index contributed by atoms with van der Waals surface area (Å²) < 4.78 is 5.01. The van der Waals surface area contributed by atoms with E-state index >= 15 is 0 Å². The summed E-state index contributed by atoms with van der Waals surface area (Å²) in [5, 5.41) is 2.59. The average Bonchev–Trinajstić information content (AvgIpc) is 2.42. The molecule has 3 N–H and O–H groups in total. The minimum Gasteiger partial charge on any atom is -0.384 e. The van der Waals surface area contributed by atoms with Gasteiger partial charge >= 0.3 is 0 Å². The van der Waals surface area contributed by atoms with Gasteiger partial charge in [0.1, 0.15) is 0 Å². The van der Waals surface area contributed by atoms with Gasteiger partial charge in [-0.3, -0.25) is 4.79 Å². The molecule has 0 aliphatic carbocycles. The van der Waals surface area contributed by atoms with Gasteiger partial charge in [0.15, 0.2) is 0 Å². The molecule has 0 heterocycles. The molecule has 0 fully saturated rings. The van der Waals surface area contributed by atoms with Gasteiger partial charge in [-0.15, -0.1) is 0 Å². The van der Waals surface area contributed by atoms with Crippen LogP contribution in [0.25, 0.3) is 0 Å². The molecule has 0 radical (unpaired) electrons. The number of benzene rings is 1. The van der Waals surface area contributed by atoms with Crippen LogP contribution in [-0.2, 0) is 16.0 Å². The maximum absolute atomic E-state index is 10.9. The maximum atomic E-state index is 10.9. The SMILES string of the molecule is COCCc1ccc(C#CCNC(=O)CN)cc1. The summed E-state index contributed by atoms with van der Waals surface area (Å²) in [6, 6.07) is 7.98. The van der Waals surface area contributed by atoms with E-state index in [0.29, 0.717) is 6.54 Å².